The highest BCUT2D eigenvalue weighted by Crippen LogP contribution is 2.66. The van der Waals surface area contributed by atoms with Crippen molar-refractivity contribution in [2.45, 2.75) is 126 Å². The van der Waals surface area contributed by atoms with E-state index >= 15 is 0 Å². The first kappa shape index (κ1) is 38.6. The summed E-state index contributed by atoms with van der Waals surface area (Å²) in [6, 6.07) is 13.7. The third-order valence-corrected chi connectivity index (χ3v) is 19.8. The minimum absolute atomic E-state index is 0.224. The fraction of sp³-hybridized carbons (Fsp3) is 0.488. The highest BCUT2D eigenvalue weighted by Gasteiger charge is 2.43. The molecule has 5 nitrogen and oxygen atoms in total. The maximum absolute atomic E-state index is 11.3. The number of rotatable bonds is 9. The van der Waals surface area contributed by atoms with E-state index < -0.39 is 0 Å². The van der Waals surface area contributed by atoms with Crippen LogP contribution in [-0.4, -0.2) is 37.7 Å². The van der Waals surface area contributed by atoms with E-state index in [-0.39, 0.29) is 21.7 Å². The number of hydrogen-bond acceptors (Lipinski definition) is 7. The molecule has 0 radical (unpaired) electrons. The van der Waals surface area contributed by atoms with Crippen molar-refractivity contribution in [1.82, 2.24) is 19.9 Å². The van der Waals surface area contributed by atoms with Crippen molar-refractivity contribution in [3.8, 4) is 0 Å². The van der Waals surface area contributed by atoms with Crippen molar-refractivity contribution in [2.75, 3.05) is 12.0 Å². The Morgan fingerprint density at radius 3 is 1.40 bits per heavy atom. The van der Waals surface area contributed by atoms with E-state index in [9.17, 15) is 4.79 Å². The van der Waals surface area contributed by atoms with Gasteiger partial charge < -0.3 is 24.7 Å². The molecule has 278 valence electrons. The number of carbonyl (C=O) groups is 1. The smallest absolute Gasteiger partial charge is 0.129 e. The van der Waals surface area contributed by atoms with Crippen LogP contribution < -0.4 is 0 Å². The van der Waals surface area contributed by atoms with Crippen molar-refractivity contribution in [2.24, 2.45) is 0 Å². The summed E-state index contributed by atoms with van der Waals surface area (Å²) in [7, 11) is 0. The standard InChI is InChI=1S/C41H52N4OS6/c1-23(46)15-13-11-12-14-22-48-35-34(47-10)51-37(52-35)36-49-30-31(50-36)33-41(8,9)29-21-19-27(44-29)39(4,5)25-17-16-24(42-25)38(2,3)26-18-20-28(43-26)40(6,7)32(30)45-33/h16-21,42-45H,11-15,22H2,1-10H3. The number of thioether (sulfide) groups is 6. The predicted octanol–water partition coefficient (Wildman–Crippen LogP) is 13.2. The predicted molar refractivity (Wildman–Crippen MR) is 232 cm³/mol. The van der Waals surface area contributed by atoms with E-state index in [2.05, 4.69) is 118 Å². The number of ketones is 1. The fourth-order valence-corrected chi connectivity index (χ4v) is 16.1. The summed E-state index contributed by atoms with van der Waals surface area (Å²) in [5.74, 6) is 1.43. The monoisotopic (exact) mass is 808 g/mol. The van der Waals surface area contributed by atoms with Crippen molar-refractivity contribution in [3.63, 3.8) is 0 Å². The van der Waals surface area contributed by atoms with Gasteiger partial charge in [-0.2, -0.15) is 0 Å². The van der Waals surface area contributed by atoms with Gasteiger partial charge in [-0.15, -0.1) is 23.5 Å². The van der Waals surface area contributed by atoms with Crippen LogP contribution in [0.2, 0.25) is 0 Å². The Labute approximate surface area is 335 Å². The molecule has 11 heteroatoms. The molecule has 0 unspecified atom stereocenters. The molecule has 0 amide bonds. The molecule has 0 saturated heterocycles. The van der Waals surface area contributed by atoms with Crippen LogP contribution in [0.1, 0.15) is 140 Å². The van der Waals surface area contributed by atoms with Gasteiger partial charge in [0.2, 0.25) is 0 Å². The molecule has 3 aliphatic rings. The van der Waals surface area contributed by atoms with Gasteiger partial charge in [-0.25, -0.2) is 0 Å². The van der Waals surface area contributed by atoms with Gasteiger partial charge in [0.1, 0.15) is 5.78 Å². The summed E-state index contributed by atoms with van der Waals surface area (Å²) in [5.41, 5.74) is 8.79. The lowest BCUT2D eigenvalue weighted by Gasteiger charge is -2.29. The van der Waals surface area contributed by atoms with Crippen LogP contribution in [0, 0.1) is 0 Å². The molecule has 4 N–H and O–H groups in total. The molecule has 0 spiro atoms. The second kappa shape index (κ2) is 14.5. The summed E-state index contributed by atoms with van der Waals surface area (Å²) < 4.78 is 5.67. The first-order valence-electron chi connectivity index (χ1n) is 18.3. The van der Waals surface area contributed by atoms with E-state index in [1.165, 1.54) is 85.1 Å². The second-order valence-electron chi connectivity index (χ2n) is 16.4. The quantitative estimate of drug-likeness (QED) is 0.125. The Balaban J connectivity index is 1.24. The molecule has 0 aromatic carbocycles. The Kier molecular flexibility index (Phi) is 10.7. The average molecular weight is 809 g/mol. The topological polar surface area (TPSA) is 80.2 Å². The molecule has 8 bridgehead atoms. The molecule has 4 aromatic heterocycles. The Morgan fingerprint density at radius 2 is 0.962 bits per heavy atom. The zero-order valence-electron chi connectivity index (χ0n) is 32.1. The van der Waals surface area contributed by atoms with Crippen LogP contribution in [0.5, 0.6) is 0 Å². The molecule has 4 aromatic rings. The number of aromatic nitrogens is 4. The number of nitrogens with one attached hydrogen (secondary N) is 4. The van der Waals surface area contributed by atoms with Gasteiger partial charge in [-0.1, -0.05) is 59.9 Å². The molecule has 0 atom stereocenters. The summed E-state index contributed by atoms with van der Waals surface area (Å²) in [5, 5.41) is 0. The molecule has 0 fully saturated rings. The van der Waals surface area contributed by atoms with Gasteiger partial charge in [0.25, 0.3) is 0 Å². The Hall–Kier alpha value is -1.63. The highest BCUT2D eigenvalue weighted by molar-refractivity contribution is 8.42. The zero-order chi connectivity index (χ0) is 37.2. The van der Waals surface area contributed by atoms with Crippen LogP contribution >= 0.6 is 70.6 Å². The lowest BCUT2D eigenvalue weighted by Crippen LogP contribution is -2.26. The molecular weight excluding hydrogens is 757 g/mol. The molecule has 52 heavy (non-hydrogen) atoms. The summed E-state index contributed by atoms with van der Waals surface area (Å²) in [6.07, 6.45) is 7.48. The van der Waals surface area contributed by atoms with Crippen molar-refractivity contribution >= 4 is 76.4 Å². The minimum atomic E-state index is -0.286. The maximum atomic E-state index is 11.3. The van der Waals surface area contributed by atoms with Gasteiger partial charge >= 0.3 is 0 Å². The lowest BCUT2D eigenvalue weighted by molar-refractivity contribution is -0.117. The van der Waals surface area contributed by atoms with Gasteiger partial charge in [-0.3, -0.25) is 0 Å². The minimum Gasteiger partial charge on any atom is -0.361 e. The fourth-order valence-electron chi connectivity index (χ4n) is 7.33. The molecule has 7 rings (SSSR count). The summed E-state index contributed by atoms with van der Waals surface area (Å²) in [6.45, 7) is 20.4. The van der Waals surface area contributed by atoms with Gasteiger partial charge in [0.15, 0.2) is 0 Å². The Morgan fingerprint density at radius 1 is 0.558 bits per heavy atom. The Bertz CT molecular complexity index is 1960. The number of unbranched alkanes of at least 4 members (excludes halogenated alkanes) is 3. The highest BCUT2D eigenvalue weighted by atomic mass is 32.3. The summed E-state index contributed by atoms with van der Waals surface area (Å²) >= 11 is 11.7. The average Bonchev–Trinajstić information content (AvgIpc) is 3.92. The maximum Gasteiger partial charge on any atom is 0.129 e. The normalized spacial score (nSPS) is 19.8. The van der Waals surface area contributed by atoms with E-state index in [0.29, 0.717) is 5.78 Å². The van der Waals surface area contributed by atoms with Crippen molar-refractivity contribution < 1.29 is 4.79 Å². The first-order chi connectivity index (χ1) is 24.5. The molecule has 0 aliphatic carbocycles. The number of Topliss-reactive ketones (excluding diaryl/α,β-unsaturated/α-hetero) is 1. The van der Waals surface area contributed by atoms with E-state index in [1.807, 2.05) is 70.6 Å². The number of fused-ring (bicyclic) bond motifs is 11. The molecular formula is C41H52N4OS6. The van der Waals surface area contributed by atoms with E-state index in [0.717, 1.165) is 25.0 Å². The van der Waals surface area contributed by atoms with Gasteiger partial charge in [0, 0.05) is 83.4 Å². The molecule has 3 aliphatic heterocycles. The van der Waals surface area contributed by atoms with Gasteiger partial charge in [0.05, 0.1) is 16.9 Å². The number of carbonyl (C=O) groups excluding carboxylic acids is 1. The van der Waals surface area contributed by atoms with Crippen LogP contribution in [0.25, 0.3) is 0 Å². The second-order valence-corrected chi connectivity index (χ2v) is 23.4. The molecule has 7 heterocycles. The van der Waals surface area contributed by atoms with Crippen LogP contribution in [-0.2, 0) is 26.5 Å². The van der Waals surface area contributed by atoms with E-state index in [1.54, 1.807) is 6.92 Å². The lowest BCUT2D eigenvalue weighted by atomic mass is 9.85. The number of aromatic amines is 4. The third kappa shape index (κ3) is 6.91. The number of H-pyrrole nitrogens is 4. The van der Waals surface area contributed by atoms with Crippen LogP contribution in [0.15, 0.2) is 63.1 Å². The summed E-state index contributed by atoms with van der Waals surface area (Å²) in [4.78, 5) is 29.8. The number of hydrogen-bond donors (Lipinski definition) is 4. The van der Waals surface area contributed by atoms with Crippen molar-refractivity contribution in [3.05, 3.63) is 98.9 Å². The van der Waals surface area contributed by atoms with Gasteiger partial charge in [-0.05, 0) is 124 Å². The largest absolute Gasteiger partial charge is 0.361 e. The SMILES string of the molecule is CSC1=C(SCCCCCCC(C)=O)SC(=C2Sc3c4[nH]c(c3S2)C(C)(C)c2ccc([nH]2)C(C)(C)c2ccc([nH]2)C(C)(C)c2ccc([nH]2)C4(C)C)S1. The third-order valence-electron chi connectivity index (χ3n) is 11.2. The van der Waals surface area contributed by atoms with E-state index in [4.69, 9.17) is 0 Å². The van der Waals surface area contributed by atoms with Crippen LogP contribution in [0.4, 0.5) is 0 Å². The molecule has 0 saturated carbocycles. The van der Waals surface area contributed by atoms with Crippen LogP contribution in [0.3, 0.4) is 0 Å². The van der Waals surface area contributed by atoms with Crippen molar-refractivity contribution in [1.29, 1.82) is 0 Å². The first-order valence-corrected chi connectivity index (χ1v) is 23.8. The zero-order valence-corrected chi connectivity index (χ0v) is 37.0.